The second-order valence-corrected chi connectivity index (χ2v) is 16.5. The summed E-state index contributed by atoms with van der Waals surface area (Å²) in [5.41, 5.74) is 2.20. The van der Waals surface area contributed by atoms with Crippen molar-refractivity contribution in [3.8, 4) is 19.5 Å². The third kappa shape index (κ3) is 3.23. The summed E-state index contributed by atoms with van der Waals surface area (Å²) >= 11 is 5.76. The Morgan fingerprint density at radius 2 is 1.24 bits per heavy atom. The van der Waals surface area contributed by atoms with Crippen molar-refractivity contribution in [2.45, 2.75) is 58.2 Å². The van der Waals surface area contributed by atoms with Gasteiger partial charge in [0, 0.05) is 19.5 Å². The fourth-order valence-corrected chi connectivity index (χ4v) is 15.2. The van der Waals surface area contributed by atoms with Gasteiger partial charge in [-0.15, -0.1) is 34.0 Å². The molecule has 0 aliphatic rings. The van der Waals surface area contributed by atoms with Crippen molar-refractivity contribution in [1.82, 2.24) is 0 Å². The lowest BCUT2D eigenvalue weighted by Gasteiger charge is -2.43. The van der Waals surface area contributed by atoms with E-state index in [1.807, 2.05) is 34.0 Å². The monoisotopic (exact) mass is 404 g/mol. The molecular formula is C21H28S3Si. The predicted octanol–water partition coefficient (Wildman–Crippen LogP) is 8.09. The van der Waals surface area contributed by atoms with Gasteiger partial charge in [0.1, 0.15) is 0 Å². The van der Waals surface area contributed by atoms with E-state index in [0.717, 1.165) is 16.6 Å². The van der Waals surface area contributed by atoms with E-state index in [0.29, 0.717) is 0 Å². The Labute approximate surface area is 165 Å². The lowest BCUT2D eigenvalue weighted by Crippen LogP contribution is -2.55. The van der Waals surface area contributed by atoms with Crippen LogP contribution < -0.4 is 5.19 Å². The lowest BCUT2D eigenvalue weighted by atomic mass is 10.3. The largest absolute Gasteiger partial charge is 0.143 e. The minimum absolute atomic E-state index is 0.733. The summed E-state index contributed by atoms with van der Waals surface area (Å²) < 4.78 is 0. The summed E-state index contributed by atoms with van der Waals surface area (Å²) in [6.45, 7) is 14.8. The van der Waals surface area contributed by atoms with E-state index in [1.165, 1.54) is 14.6 Å². The summed E-state index contributed by atoms with van der Waals surface area (Å²) in [6.07, 6.45) is 0. The van der Waals surface area contributed by atoms with Crippen LogP contribution in [0.2, 0.25) is 16.6 Å². The van der Waals surface area contributed by atoms with Crippen LogP contribution in [0.1, 0.15) is 41.5 Å². The van der Waals surface area contributed by atoms with Crippen molar-refractivity contribution in [2.75, 3.05) is 0 Å². The van der Waals surface area contributed by atoms with Gasteiger partial charge in [0.05, 0.1) is 8.07 Å². The molecule has 0 spiro atoms. The Morgan fingerprint density at radius 1 is 0.720 bits per heavy atom. The lowest BCUT2D eigenvalue weighted by molar-refractivity contribution is 0.836. The van der Waals surface area contributed by atoms with Crippen LogP contribution in [0.4, 0.5) is 0 Å². The molecule has 3 heterocycles. The van der Waals surface area contributed by atoms with E-state index in [-0.39, 0.29) is 0 Å². The van der Waals surface area contributed by atoms with E-state index in [1.54, 1.807) is 10.1 Å². The molecule has 4 heteroatoms. The average Bonchev–Trinajstić information content (AvgIpc) is 3.28. The first-order valence-corrected chi connectivity index (χ1v) is 13.9. The molecule has 25 heavy (non-hydrogen) atoms. The standard InChI is InChI=1S/C21H28S3Si/c1-14(2)25(15(3)4,16(5)6)20-13-19(17-9-7-11-22-17)24-21(20)18-10-8-12-23-18/h7-16H,1-6H3. The molecule has 3 aromatic rings. The zero-order valence-electron chi connectivity index (χ0n) is 16.0. The van der Waals surface area contributed by atoms with Gasteiger partial charge in [-0.25, -0.2) is 0 Å². The van der Waals surface area contributed by atoms with Gasteiger partial charge in [-0.2, -0.15) is 0 Å². The Balaban J connectivity index is 2.29. The van der Waals surface area contributed by atoms with Crippen LogP contribution in [0, 0.1) is 0 Å². The first kappa shape index (κ1) is 19.1. The van der Waals surface area contributed by atoms with E-state index in [9.17, 15) is 0 Å². The third-order valence-corrected chi connectivity index (χ3v) is 16.1. The predicted molar refractivity (Wildman–Crippen MR) is 122 cm³/mol. The fraction of sp³-hybridized carbons (Fsp3) is 0.429. The first-order chi connectivity index (χ1) is 11.9. The number of hydrogen-bond donors (Lipinski definition) is 0. The van der Waals surface area contributed by atoms with Crippen molar-refractivity contribution in [2.24, 2.45) is 0 Å². The van der Waals surface area contributed by atoms with Crippen LogP contribution in [0.25, 0.3) is 19.5 Å². The third-order valence-electron chi connectivity index (χ3n) is 5.57. The Bertz CT molecular complexity index is 771. The molecule has 0 bridgehead atoms. The molecule has 0 radical (unpaired) electrons. The van der Waals surface area contributed by atoms with Crippen molar-refractivity contribution < 1.29 is 0 Å². The fourth-order valence-electron chi connectivity index (χ4n) is 4.78. The highest BCUT2D eigenvalue weighted by molar-refractivity contribution is 7.27. The van der Waals surface area contributed by atoms with Crippen LogP contribution in [0.3, 0.4) is 0 Å². The van der Waals surface area contributed by atoms with Gasteiger partial charge >= 0.3 is 0 Å². The van der Waals surface area contributed by atoms with Crippen LogP contribution in [0.15, 0.2) is 41.1 Å². The molecule has 0 saturated carbocycles. The van der Waals surface area contributed by atoms with Gasteiger partial charge in [-0.3, -0.25) is 0 Å². The molecule has 0 unspecified atom stereocenters. The highest BCUT2D eigenvalue weighted by atomic mass is 32.1. The van der Waals surface area contributed by atoms with Crippen molar-refractivity contribution in [3.05, 3.63) is 41.1 Å². The Kier molecular flexibility index (Phi) is 5.74. The minimum atomic E-state index is -1.67. The van der Waals surface area contributed by atoms with Crippen LogP contribution in [-0.4, -0.2) is 8.07 Å². The molecule has 0 nitrogen and oxygen atoms in total. The molecule has 0 saturated heterocycles. The highest BCUT2D eigenvalue weighted by Gasteiger charge is 2.46. The Morgan fingerprint density at radius 3 is 1.68 bits per heavy atom. The molecular weight excluding hydrogens is 377 g/mol. The normalized spacial score (nSPS) is 12.7. The molecule has 0 aliphatic heterocycles. The van der Waals surface area contributed by atoms with E-state index >= 15 is 0 Å². The number of rotatable bonds is 6. The van der Waals surface area contributed by atoms with Gasteiger partial charge in [0.2, 0.25) is 0 Å². The van der Waals surface area contributed by atoms with Crippen molar-refractivity contribution in [3.63, 3.8) is 0 Å². The van der Waals surface area contributed by atoms with Gasteiger partial charge in [0.25, 0.3) is 0 Å². The van der Waals surface area contributed by atoms with Gasteiger partial charge < -0.3 is 0 Å². The summed E-state index contributed by atoms with van der Waals surface area (Å²) in [6, 6.07) is 11.5. The second-order valence-electron chi connectivity index (χ2n) is 7.71. The zero-order chi connectivity index (χ0) is 18.2. The number of hydrogen-bond acceptors (Lipinski definition) is 3. The van der Waals surface area contributed by atoms with Crippen LogP contribution in [0.5, 0.6) is 0 Å². The maximum absolute atomic E-state index is 2.57. The van der Waals surface area contributed by atoms with E-state index in [4.69, 9.17) is 0 Å². The minimum Gasteiger partial charge on any atom is -0.143 e. The second kappa shape index (κ2) is 7.51. The molecule has 134 valence electrons. The SMILES string of the molecule is CC(C)[Si](c1cc(-c2cccs2)sc1-c1cccs1)(C(C)C)C(C)C. The molecule has 0 amide bonds. The summed E-state index contributed by atoms with van der Waals surface area (Å²) in [5, 5.41) is 6.10. The smallest absolute Gasteiger partial charge is 0.0962 e. The molecule has 0 atom stereocenters. The zero-order valence-corrected chi connectivity index (χ0v) is 19.4. The van der Waals surface area contributed by atoms with Gasteiger partial charge in [-0.05, 0) is 50.8 Å². The summed E-state index contributed by atoms with van der Waals surface area (Å²) in [5.74, 6) is 0. The Hall–Kier alpha value is -0.683. The molecule has 0 N–H and O–H groups in total. The van der Waals surface area contributed by atoms with Crippen molar-refractivity contribution in [1.29, 1.82) is 0 Å². The average molecular weight is 405 g/mol. The topological polar surface area (TPSA) is 0 Å². The van der Waals surface area contributed by atoms with Crippen LogP contribution >= 0.6 is 34.0 Å². The molecule has 0 aromatic carbocycles. The first-order valence-electron chi connectivity index (χ1n) is 9.11. The summed E-state index contributed by atoms with van der Waals surface area (Å²) in [4.78, 5) is 5.85. The maximum atomic E-state index is 2.57. The summed E-state index contributed by atoms with van der Waals surface area (Å²) in [7, 11) is -1.67. The highest BCUT2D eigenvalue weighted by Crippen LogP contribution is 2.47. The number of thiophene rings is 3. The molecule has 0 aliphatic carbocycles. The van der Waals surface area contributed by atoms with Crippen LogP contribution in [-0.2, 0) is 0 Å². The molecule has 3 rings (SSSR count). The molecule has 0 fully saturated rings. The maximum Gasteiger partial charge on any atom is 0.0962 e. The van der Waals surface area contributed by atoms with Crippen molar-refractivity contribution >= 4 is 47.3 Å². The van der Waals surface area contributed by atoms with E-state index in [2.05, 4.69) is 82.6 Å². The van der Waals surface area contributed by atoms with Gasteiger partial charge in [-0.1, -0.05) is 53.7 Å². The molecule has 3 aromatic heterocycles. The van der Waals surface area contributed by atoms with E-state index < -0.39 is 8.07 Å². The quantitative estimate of drug-likeness (QED) is 0.364. The van der Waals surface area contributed by atoms with Gasteiger partial charge in [0.15, 0.2) is 0 Å².